The highest BCUT2D eigenvalue weighted by Crippen LogP contribution is 2.36. The van der Waals surface area contributed by atoms with Crippen LogP contribution in [0, 0.1) is 0 Å². The third-order valence-corrected chi connectivity index (χ3v) is 6.34. The second-order valence-electron chi connectivity index (χ2n) is 6.92. The van der Waals surface area contributed by atoms with E-state index >= 15 is 0 Å². The van der Waals surface area contributed by atoms with Crippen molar-refractivity contribution in [2.45, 2.75) is 31.0 Å². The molecule has 8 heteroatoms. The predicted molar refractivity (Wildman–Crippen MR) is 103 cm³/mol. The number of thiazole rings is 1. The van der Waals surface area contributed by atoms with E-state index in [2.05, 4.69) is 15.2 Å². The molecule has 4 rings (SSSR count). The molecule has 1 aromatic carbocycles. The van der Waals surface area contributed by atoms with Crippen molar-refractivity contribution in [2.75, 3.05) is 38.7 Å². The number of ether oxygens (including phenoxy) is 2. The number of nitrogens with one attached hydrogen (secondary N) is 1. The molecule has 140 valence electrons. The zero-order valence-electron chi connectivity index (χ0n) is 14.7. The molecule has 2 atom stereocenters. The minimum absolute atomic E-state index is 0.0563. The first-order valence-electron chi connectivity index (χ1n) is 8.83. The first-order chi connectivity index (χ1) is 12.6. The van der Waals surface area contributed by atoms with Crippen molar-refractivity contribution in [3.63, 3.8) is 0 Å². The van der Waals surface area contributed by atoms with Gasteiger partial charge in [-0.25, -0.2) is 4.98 Å². The van der Waals surface area contributed by atoms with Gasteiger partial charge in [-0.15, -0.1) is 0 Å². The lowest BCUT2D eigenvalue weighted by atomic mass is 9.87. The number of carbonyl (C=O) groups excluding carboxylic acids is 1. The number of anilines is 1. The molecule has 6 nitrogen and oxygen atoms in total. The van der Waals surface area contributed by atoms with Gasteiger partial charge in [-0.3, -0.25) is 9.69 Å². The number of benzene rings is 1. The number of piperidine rings is 1. The molecule has 2 saturated heterocycles. The van der Waals surface area contributed by atoms with E-state index in [1.54, 1.807) is 13.2 Å². The van der Waals surface area contributed by atoms with E-state index in [0.29, 0.717) is 16.7 Å². The Balaban J connectivity index is 1.39. The monoisotopic (exact) mass is 395 g/mol. The molecule has 2 fully saturated rings. The fourth-order valence-electron chi connectivity index (χ4n) is 4.00. The summed E-state index contributed by atoms with van der Waals surface area (Å²) in [6.07, 6.45) is 3.03. The molecule has 0 saturated carbocycles. The van der Waals surface area contributed by atoms with Crippen LogP contribution in [0.3, 0.4) is 0 Å². The molecule has 1 spiro atoms. The standard InChI is InChI=1S/C18H22ClN3O3S/c1-24-15-5-7-22(11-18(15)6-2-8-25-18)10-16(23)21-17-20-13-4-3-12(19)9-14(13)26-17/h3-4,9,15H,2,5-8,10-11H2,1H3,(H,20,21,23)/t15-,18+/m0/s1. The molecule has 2 aliphatic rings. The highest BCUT2D eigenvalue weighted by Gasteiger charge is 2.47. The molecule has 2 aliphatic heterocycles. The lowest BCUT2D eigenvalue weighted by Crippen LogP contribution is -2.58. The Morgan fingerprint density at radius 3 is 3.23 bits per heavy atom. The predicted octanol–water partition coefficient (Wildman–Crippen LogP) is 3.16. The third kappa shape index (κ3) is 3.59. The van der Waals surface area contributed by atoms with Gasteiger partial charge in [0.05, 0.1) is 22.9 Å². The van der Waals surface area contributed by atoms with Crippen LogP contribution in [-0.2, 0) is 14.3 Å². The number of carbonyl (C=O) groups is 1. The number of methoxy groups -OCH3 is 1. The van der Waals surface area contributed by atoms with Crippen LogP contribution in [-0.4, -0.2) is 60.8 Å². The van der Waals surface area contributed by atoms with E-state index in [0.717, 1.165) is 49.2 Å². The number of fused-ring (bicyclic) bond motifs is 1. The summed E-state index contributed by atoms with van der Waals surface area (Å²) in [6, 6.07) is 5.53. The smallest absolute Gasteiger partial charge is 0.240 e. The van der Waals surface area contributed by atoms with Crippen LogP contribution < -0.4 is 5.32 Å². The van der Waals surface area contributed by atoms with Crippen LogP contribution in [0.1, 0.15) is 19.3 Å². The zero-order valence-corrected chi connectivity index (χ0v) is 16.2. The molecule has 1 N–H and O–H groups in total. The zero-order chi connectivity index (χ0) is 18.1. The normalized spacial score (nSPS) is 26.6. The maximum absolute atomic E-state index is 12.5. The van der Waals surface area contributed by atoms with E-state index in [4.69, 9.17) is 21.1 Å². The molecule has 0 radical (unpaired) electrons. The lowest BCUT2D eigenvalue weighted by Gasteiger charge is -2.44. The largest absolute Gasteiger partial charge is 0.378 e. The first-order valence-corrected chi connectivity index (χ1v) is 10.0. The Kier molecular flexibility index (Phi) is 5.16. The van der Waals surface area contributed by atoms with Gasteiger partial charge in [0, 0.05) is 31.8 Å². The number of nitrogens with zero attached hydrogens (tertiary/aromatic N) is 2. The van der Waals surface area contributed by atoms with Gasteiger partial charge in [0.2, 0.25) is 5.91 Å². The molecule has 0 unspecified atom stereocenters. The van der Waals surface area contributed by atoms with Gasteiger partial charge >= 0.3 is 0 Å². The van der Waals surface area contributed by atoms with Crippen molar-refractivity contribution < 1.29 is 14.3 Å². The summed E-state index contributed by atoms with van der Waals surface area (Å²) in [5.74, 6) is -0.0563. The number of hydrogen-bond donors (Lipinski definition) is 1. The van der Waals surface area contributed by atoms with E-state index in [9.17, 15) is 4.79 Å². The summed E-state index contributed by atoms with van der Waals surface area (Å²) in [4.78, 5) is 19.1. The van der Waals surface area contributed by atoms with E-state index in [1.807, 2.05) is 12.1 Å². The molecule has 0 aliphatic carbocycles. The van der Waals surface area contributed by atoms with Crippen molar-refractivity contribution in [3.8, 4) is 0 Å². The summed E-state index contributed by atoms with van der Waals surface area (Å²) in [6.45, 7) is 2.66. The van der Waals surface area contributed by atoms with Crippen LogP contribution >= 0.6 is 22.9 Å². The Morgan fingerprint density at radius 1 is 1.58 bits per heavy atom. The van der Waals surface area contributed by atoms with Crippen molar-refractivity contribution in [3.05, 3.63) is 23.2 Å². The minimum Gasteiger partial charge on any atom is -0.378 e. The van der Waals surface area contributed by atoms with Gasteiger partial charge in [-0.2, -0.15) is 0 Å². The summed E-state index contributed by atoms with van der Waals surface area (Å²) >= 11 is 7.44. The number of likely N-dealkylation sites (tertiary alicyclic amines) is 1. The SMILES string of the molecule is CO[C@H]1CCN(CC(=O)Nc2nc3ccc(Cl)cc3s2)C[C@]12CCCO2. The summed E-state index contributed by atoms with van der Waals surface area (Å²) in [7, 11) is 1.75. The van der Waals surface area contributed by atoms with Gasteiger partial charge in [-0.05, 0) is 37.5 Å². The van der Waals surface area contributed by atoms with Gasteiger partial charge in [0.1, 0.15) is 5.60 Å². The minimum atomic E-state index is -0.264. The second-order valence-corrected chi connectivity index (χ2v) is 8.39. The fourth-order valence-corrected chi connectivity index (χ4v) is 5.16. The highest BCUT2D eigenvalue weighted by molar-refractivity contribution is 7.22. The number of aromatic nitrogens is 1. The van der Waals surface area contributed by atoms with Gasteiger partial charge in [0.15, 0.2) is 5.13 Å². The van der Waals surface area contributed by atoms with Crippen molar-refractivity contribution in [2.24, 2.45) is 0 Å². The number of amides is 1. The molecular weight excluding hydrogens is 374 g/mol. The Hall–Kier alpha value is -1.25. The molecule has 26 heavy (non-hydrogen) atoms. The van der Waals surface area contributed by atoms with Crippen LogP contribution in [0.4, 0.5) is 5.13 Å². The maximum Gasteiger partial charge on any atom is 0.240 e. The third-order valence-electron chi connectivity index (χ3n) is 5.17. The lowest BCUT2D eigenvalue weighted by molar-refractivity contribution is -0.146. The van der Waals surface area contributed by atoms with Crippen LogP contribution in [0.25, 0.3) is 10.2 Å². The molecule has 1 amide bonds. The van der Waals surface area contributed by atoms with Crippen molar-refractivity contribution >= 4 is 44.2 Å². The van der Waals surface area contributed by atoms with Crippen LogP contribution in [0.15, 0.2) is 18.2 Å². The Labute approximate surface area is 161 Å². The maximum atomic E-state index is 12.5. The molecule has 0 bridgehead atoms. The average molecular weight is 396 g/mol. The summed E-state index contributed by atoms with van der Waals surface area (Å²) in [5, 5.41) is 4.19. The number of rotatable bonds is 4. The Bertz CT molecular complexity index is 806. The Morgan fingerprint density at radius 2 is 2.46 bits per heavy atom. The second kappa shape index (κ2) is 7.40. The van der Waals surface area contributed by atoms with E-state index in [1.165, 1.54) is 11.3 Å². The average Bonchev–Trinajstić information content (AvgIpc) is 3.21. The highest BCUT2D eigenvalue weighted by atomic mass is 35.5. The molecule has 2 aromatic rings. The van der Waals surface area contributed by atoms with Crippen molar-refractivity contribution in [1.82, 2.24) is 9.88 Å². The van der Waals surface area contributed by atoms with E-state index in [-0.39, 0.29) is 17.6 Å². The van der Waals surface area contributed by atoms with Crippen molar-refractivity contribution in [1.29, 1.82) is 0 Å². The number of halogens is 1. The molecular formula is C18H22ClN3O3S. The summed E-state index contributed by atoms with van der Waals surface area (Å²) < 4.78 is 12.7. The first kappa shape index (κ1) is 18.1. The fraction of sp³-hybridized carbons (Fsp3) is 0.556. The summed E-state index contributed by atoms with van der Waals surface area (Å²) in [5.41, 5.74) is 0.578. The van der Waals surface area contributed by atoms with Crippen LogP contribution in [0.2, 0.25) is 5.02 Å². The van der Waals surface area contributed by atoms with Crippen LogP contribution in [0.5, 0.6) is 0 Å². The number of hydrogen-bond acceptors (Lipinski definition) is 6. The molecule has 3 heterocycles. The van der Waals surface area contributed by atoms with E-state index < -0.39 is 0 Å². The molecule has 1 aromatic heterocycles. The quantitative estimate of drug-likeness (QED) is 0.861. The van der Waals surface area contributed by atoms with Gasteiger partial charge in [0.25, 0.3) is 0 Å². The van der Waals surface area contributed by atoms with Gasteiger partial charge < -0.3 is 14.8 Å². The topological polar surface area (TPSA) is 63.7 Å². The van der Waals surface area contributed by atoms with Gasteiger partial charge in [-0.1, -0.05) is 22.9 Å².